The molecule has 0 saturated heterocycles. The number of hydrogen-bond donors (Lipinski definition) is 0. The second-order valence-electron chi connectivity index (χ2n) is 12.7. The summed E-state index contributed by atoms with van der Waals surface area (Å²) in [4.78, 5) is 20.4. The topological polar surface area (TPSA) is 56.5 Å². The summed E-state index contributed by atoms with van der Waals surface area (Å²) in [5.41, 5.74) is 9.10. The van der Waals surface area contributed by atoms with E-state index < -0.39 is 0 Å². The molecule has 0 radical (unpaired) electrons. The van der Waals surface area contributed by atoms with E-state index in [4.69, 9.17) is 19.9 Å². The first-order valence-corrected chi connectivity index (χ1v) is 17.1. The van der Waals surface area contributed by atoms with Crippen LogP contribution in [-0.4, -0.2) is 24.5 Å². The van der Waals surface area contributed by atoms with E-state index in [1.807, 2.05) is 60.7 Å². The van der Waals surface area contributed by atoms with E-state index in [0.717, 1.165) is 60.8 Å². The molecule has 0 N–H and O–H groups in total. The Kier molecular flexibility index (Phi) is 6.74. The molecule has 0 saturated carbocycles. The van der Waals surface area contributed by atoms with Gasteiger partial charge in [-0.2, -0.15) is 0 Å². The van der Waals surface area contributed by atoms with Crippen molar-refractivity contribution in [2.75, 3.05) is 0 Å². The van der Waals surface area contributed by atoms with Crippen molar-refractivity contribution < 1.29 is 0 Å². The van der Waals surface area contributed by atoms with Gasteiger partial charge in [0.2, 0.25) is 0 Å². The lowest BCUT2D eigenvalue weighted by atomic mass is 9.95. The number of pyridine rings is 1. The largest absolute Gasteiger partial charge is 0.309 e. The van der Waals surface area contributed by atoms with Crippen LogP contribution in [0.2, 0.25) is 0 Å². The summed E-state index contributed by atoms with van der Waals surface area (Å²) >= 11 is 0. The molecule has 0 aliphatic rings. The van der Waals surface area contributed by atoms with Crippen molar-refractivity contribution in [3.8, 4) is 51.1 Å². The summed E-state index contributed by atoms with van der Waals surface area (Å²) in [5, 5.41) is 5.76. The molecule has 3 heterocycles. The van der Waals surface area contributed by atoms with Crippen LogP contribution in [0.1, 0.15) is 0 Å². The molecule has 10 rings (SSSR count). The van der Waals surface area contributed by atoms with Crippen LogP contribution < -0.4 is 0 Å². The maximum Gasteiger partial charge on any atom is 0.164 e. The first kappa shape index (κ1) is 29.0. The lowest BCUT2D eigenvalue weighted by Gasteiger charge is -2.14. The molecule has 0 unspecified atom stereocenters. The van der Waals surface area contributed by atoms with E-state index in [1.54, 1.807) is 0 Å². The standard InChI is InChI=1S/C46H29N5/c1-5-15-30(16-6-1)43-42-36(27-28-40-41(42)37-23-13-14-24-39(37)51(40)34-21-11-4-12-22-34)35-26-25-33(29-38(35)47-43)46-49-44(31-17-7-2-8-18-31)48-45(50-46)32-19-9-3-10-20-32/h1-29H. The molecule has 0 atom stereocenters. The number of fused-ring (bicyclic) bond motifs is 7. The van der Waals surface area contributed by atoms with Crippen molar-refractivity contribution in [1.82, 2.24) is 24.5 Å². The van der Waals surface area contributed by atoms with Gasteiger partial charge >= 0.3 is 0 Å². The molecule has 10 aromatic rings. The fourth-order valence-electron chi connectivity index (χ4n) is 7.30. The van der Waals surface area contributed by atoms with Gasteiger partial charge in [-0.05, 0) is 35.7 Å². The minimum absolute atomic E-state index is 0.606. The van der Waals surface area contributed by atoms with E-state index in [1.165, 1.54) is 16.3 Å². The van der Waals surface area contributed by atoms with E-state index in [9.17, 15) is 0 Å². The molecule has 5 nitrogen and oxygen atoms in total. The summed E-state index contributed by atoms with van der Waals surface area (Å²) in [5.74, 6) is 1.87. The van der Waals surface area contributed by atoms with Crippen molar-refractivity contribution in [2.45, 2.75) is 0 Å². The van der Waals surface area contributed by atoms with E-state index >= 15 is 0 Å². The zero-order chi connectivity index (χ0) is 33.7. The van der Waals surface area contributed by atoms with Gasteiger partial charge in [0.05, 0.1) is 22.2 Å². The van der Waals surface area contributed by atoms with Crippen LogP contribution in [0.4, 0.5) is 0 Å². The Morgan fingerprint density at radius 3 is 1.51 bits per heavy atom. The Hall–Kier alpha value is -6.98. The number of benzene rings is 7. The van der Waals surface area contributed by atoms with Crippen LogP contribution >= 0.6 is 0 Å². The van der Waals surface area contributed by atoms with Crippen molar-refractivity contribution in [2.24, 2.45) is 0 Å². The van der Waals surface area contributed by atoms with E-state index in [0.29, 0.717) is 17.5 Å². The molecule has 0 bridgehead atoms. The van der Waals surface area contributed by atoms with Gasteiger partial charge in [-0.25, -0.2) is 19.9 Å². The van der Waals surface area contributed by atoms with Gasteiger partial charge in [0.1, 0.15) is 0 Å². The third-order valence-electron chi connectivity index (χ3n) is 9.61. The molecule has 238 valence electrons. The van der Waals surface area contributed by atoms with Gasteiger partial charge in [-0.3, -0.25) is 0 Å². The number of para-hydroxylation sites is 2. The van der Waals surface area contributed by atoms with Crippen LogP contribution in [0.5, 0.6) is 0 Å². The summed E-state index contributed by atoms with van der Waals surface area (Å²) in [6.07, 6.45) is 0. The van der Waals surface area contributed by atoms with Crippen molar-refractivity contribution in [3.05, 3.63) is 176 Å². The minimum atomic E-state index is 0.606. The second kappa shape index (κ2) is 11.9. The molecule has 0 aliphatic heterocycles. The van der Waals surface area contributed by atoms with Crippen LogP contribution in [0.3, 0.4) is 0 Å². The highest BCUT2D eigenvalue weighted by Gasteiger charge is 2.20. The summed E-state index contributed by atoms with van der Waals surface area (Å²) in [7, 11) is 0. The zero-order valence-corrected chi connectivity index (χ0v) is 27.5. The molecular formula is C46H29N5. The highest BCUT2D eigenvalue weighted by atomic mass is 15.0. The predicted octanol–water partition coefficient (Wildman–Crippen LogP) is 11.3. The molecule has 5 heteroatoms. The molecule has 0 spiro atoms. The highest BCUT2D eigenvalue weighted by Crippen LogP contribution is 2.43. The molecule has 0 fully saturated rings. The number of hydrogen-bond acceptors (Lipinski definition) is 4. The monoisotopic (exact) mass is 651 g/mol. The highest BCUT2D eigenvalue weighted by molar-refractivity contribution is 6.28. The summed E-state index contributed by atoms with van der Waals surface area (Å²) in [6, 6.07) is 60.9. The van der Waals surface area contributed by atoms with Crippen LogP contribution in [0.25, 0.3) is 94.6 Å². The Morgan fingerprint density at radius 1 is 0.333 bits per heavy atom. The SMILES string of the molecule is c1ccc(-c2nc(-c3ccccc3)nc(-c3ccc4c(c3)nc(-c3ccccc3)c3c4ccc4c3c3ccccc3n4-c3ccccc3)n2)cc1. The first-order valence-electron chi connectivity index (χ1n) is 17.1. The van der Waals surface area contributed by atoms with E-state index in [2.05, 4.69) is 120 Å². The molecule has 51 heavy (non-hydrogen) atoms. The maximum absolute atomic E-state index is 5.48. The lowest BCUT2D eigenvalue weighted by molar-refractivity contribution is 1.07. The van der Waals surface area contributed by atoms with Crippen LogP contribution in [-0.2, 0) is 0 Å². The van der Waals surface area contributed by atoms with Gasteiger partial charge in [-0.15, -0.1) is 0 Å². The normalized spacial score (nSPS) is 11.5. The average molecular weight is 652 g/mol. The van der Waals surface area contributed by atoms with Gasteiger partial charge in [0.25, 0.3) is 0 Å². The Balaban J connectivity index is 1.26. The number of nitrogens with zero attached hydrogens (tertiary/aromatic N) is 5. The quantitative estimate of drug-likeness (QED) is 0.174. The Morgan fingerprint density at radius 2 is 0.863 bits per heavy atom. The first-order chi connectivity index (χ1) is 25.3. The zero-order valence-electron chi connectivity index (χ0n) is 27.5. The van der Waals surface area contributed by atoms with Crippen molar-refractivity contribution in [3.63, 3.8) is 0 Å². The molecule has 0 aliphatic carbocycles. The van der Waals surface area contributed by atoms with Crippen molar-refractivity contribution in [1.29, 1.82) is 0 Å². The van der Waals surface area contributed by atoms with E-state index in [-0.39, 0.29) is 0 Å². The fraction of sp³-hybridized carbons (Fsp3) is 0. The van der Waals surface area contributed by atoms with Crippen LogP contribution in [0.15, 0.2) is 176 Å². The van der Waals surface area contributed by atoms with Gasteiger partial charge in [0, 0.05) is 49.5 Å². The second-order valence-corrected chi connectivity index (χ2v) is 12.7. The third-order valence-corrected chi connectivity index (χ3v) is 9.61. The average Bonchev–Trinajstić information content (AvgIpc) is 3.56. The van der Waals surface area contributed by atoms with Gasteiger partial charge < -0.3 is 4.57 Å². The molecular weight excluding hydrogens is 623 g/mol. The number of rotatable bonds is 5. The van der Waals surface area contributed by atoms with Crippen molar-refractivity contribution >= 4 is 43.5 Å². The molecule has 3 aromatic heterocycles. The van der Waals surface area contributed by atoms with Gasteiger partial charge in [-0.1, -0.05) is 146 Å². The Labute approximate surface area is 294 Å². The predicted molar refractivity (Wildman–Crippen MR) is 209 cm³/mol. The minimum Gasteiger partial charge on any atom is -0.309 e. The Bertz CT molecular complexity index is 2830. The lowest BCUT2D eigenvalue weighted by Crippen LogP contribution is -2.00. The summed E-state index contributed by atoms with van der Waals surface area (Å²) in [6.45, 7) is 0. The number of aromatic nitrogens is 5. The smallest absolute Gasteiger partial charge is 0.164 e. The maximum atomic E-state index is 5.48. The third kappa shape index (κ3) is 4.86. The van der Waals surface area contributed by atoms with Gasteiger partial charge in [0.15, 0.2) is 17.5 Å². The fourth-order valence-corrected chi connectivity index (χ4v) is 7.30. The summed E-state index contributed by atoms with van der Waals surface area (Å²) < 4.78 is 2.36. The molecule has 7 aromatic carbocycles. The van der Waals surface area contributed by atoms with Crippen LogP contribution in [0, 0.1) is 0 Å². The molecule has 0 amide bonds.